The number of hydrogen-bond acceptors (Lipinski definition) is 1. The predicted octanol–water partition coefficient (Wildman–Crippen LogP) is 5.15. The van der Waals surface area contributed by atoms with Crippen LogP contribution in [0, 0.1) is 11.7 Å². The molecule has 0 fully saturated rings. The van der Waals surface area contributed by atoms with Crippen LogP contribution in [0.5, 0.6) is 0 Å². The minimum absolute atomic E-state index is 0.167. The van der Waals surface area contributed by atoms with E-state index in [4.69, 9.17) is 11.6 Å². The van der Waals surface area contributed by atoms with Crippen molar-refractivity contribution in [2.24, 2.45) is 5.92 Å². The summed E-state index contributed by atoms with van der Waals surface area (Å²) in [6, 6.07) is 3.62. The molecule has 0 amide bonds. The van der Waals surface area contributed by atoms with Crippen molar-refractivity contribution < 1.29 is 4.39 Å². The molecule has 0 unspecified atom stereocenters. The van der Waals surface area contributed by atoms with Crippen LogP contribution in [0.15, 0.2) is 16.6 Å². The Morgan fingerprint density at radius 1 is 1.37 bits per heavy atom. The van der Waals surface area contributed by atoms with E-state index < -0.39 is 0 Å². The highest BCUT2D eigenvalue weighted by Gasteiger charge is 2.25. The van der Waals surface area contributed by atoms with Crippen LogP contribution in [0.3, 0.4) is 0 Å². The molecule has 1 rings (SSSR count). The Hall–Kier alpha value is -0.120. The zero-order chi connectivity index (χ0) is 14.6. The van der Waals surface area contributed by atoms with Crippen molar-refractivity contribution in [3.05, 3.63) is 33.0 Å². The van der Waals surface area contributed by atoms with Gasteiger partial charge in [0.25, 0.3) is 0 Å². The summed E-state index contributed by atoms with van der Waals surface area (Å²) in [5, 5.41) is 3.56. The zero-order valence-electron chi connectivity index (χ0n) is 12.0. The minimum Gasteiger partial charge on any atom is -0.316 e. The number of hydrogen-bond donors (Lipinski definition) is 1. The molecule has 1 aromatic carbocycles. The van der Waals surface area contributed by atoms with Gasteiger partial charge in [-0.1, -0.05) is 45.4 Å². The van der Waals surface area contributed by atoms with Crippen LogP contribution in [0.25, 0.3) is 0 Å². The molecule has 0 aliphatic heterocycles. The van der Waals surface area contributed by atoms with Crippen molar-refractivity contribution in [3.63, 3.8) is 0 Å². The highest BCUT2D eigenvalue weighted by atomic mass is 79.9. The largest absolute Gasteiger partial charge is 0.316 e. The van der Waals surface area contributed by atoms with Gasteiger partial charge in [0.15, 0.2) is 0 Å². The van der Waals surface area contributed by atoms with Crippen LogP contribution in [-0.2, 0) is 5.41 Å². The van der Waals surface area contributed by atoms with Gasteiger partial charge in [-0.15, -0.1) is 0 Å². The molecule has 0 aliphatic carbocycles. The third-order valence-electron chi connectivity index (χ3n) is 3.24. The van der Waals surface area contributed by atoms with Gasteiger partial charge >= 0.3 is 0 Å². The summed E-state index contributed by atoms with van der Waals surface area (Å²) in [5.74, 6) is 0.312. The lowest BCUT2D eigenvalue weighted by molar-refractivity contribution is 0.424. The summed E-state index contributed by atoms with van der Waals surface area (Å²) in [4.78, 5) is 0. The van der Waals surface area contributed by atoms with Crippen LogP contribution in [0.1, 0.15) is 39.7 Å². The minimum atomic E-state index is -0.315. The first kappa shape index (κ1) is 16.9. The van der Waals surface area contributed by atoms with E-state index in [0.29, 0.717) is 16.0 Å². The predicted molar refractivity (Wildman–Crippen MR) is 84.5 cm³/mol. The Bertz CT molecular complexity index is 432. The maximum Gasteiger partial charge on any atom is 0.146 e. The van der Waals surface area contributed by atoms with Crippen LogP contribution in [0.4, 0.5) is 4.39 Å². The van der Waals surface area contributed by atoms with Gasteiger partial charge in [0.05, 0.1) is 5.02 Å². The third-order valence-corrected chi connectivity index (χ3v) is 4.50. The molecule has 0 radical (unpaired) electrons. The normalized spacial score (nSPS) is 12.2. The average Bonchev–Trinajstić information content (AvgIpc) is 2.31. The first-order valence-corrected chi connectivity index (χ1v) is 7.77. The number of halogens is 3. The van der Waals surface area contributed by atoms with E-state index in [-0.39, 0.29) is 16.3 Å². The van der Waals surface area contributed by atoms with E-state index in [0.717, 1.165) is 19.5 Å². The van der Waals surface area contributed by atoms with Gasteiger partial charge in [-0.05, 0) is 58.4 Å². The fourth-order valence-electron chi connectivity index (χ4n) is 1.97. The van der Waals surface area contributed by atoms with Crippen molar-refractivity contribution in [3.8, 4) is 0 Å². The van der Waals surface area contributed by atoms with Gasteiger partial charge in [0, 0.05) is 4.47 Å². The number of benzene rings is 1. The van der Waals surface area contributed by atoms with E-state index in [1.807, 2.05) is 26.0 Å². The summed E-state index contributed by atoms with van der Waals surface area (Å²) in [6.45, 7) is 10.3. The Labute approximate surface area is 129 Å². The van der Waals surface area contributed by atoms with E-state index >= 15 is 0 Å². The lowest BCUT2D eigenvalue weighted by atomic mass is 9.81. The molecule has 0 heterocycles. The quantitative estimate of drug-likeness (QED) is 0.552. The van der Waals surface area contributed by atoms with Gasteiger partial charge in [-0.25, -0.2) is 4.39 Å². The third kappa shape index (κ3) is 4.73. The number of nitrogens with one attached hydrogen (secondary N) is 1. The maximum absolute atomic E-state index is 14.2. The molecule has 4 heteroatoms. The van der Waals surface area contributed by atoms with Crippen LogP contribution in [0.2, 0.25) is 5.02 Å². The summed E-state index contributed by atoms with van der Waals surface area (Å²) >= 11 is 9.20. The molecule has 108 valence electrons. The molecule has 0 saturated heterocycles. The highest BCUT2D eigenvalue weighted by Crippen LogP contribution is 2.35. The molecule has 19 heavy (non-hydrogen) atoms. The second kappa shape index (κ2) is 7.05. The summed E-state index contributed by atoms with van der Waals surface area (Å²) in [6.07, 6.45) is 0.870. The second-order valence-electron chi connectivity index (χ2n) is 5.95. The molecular weight excluding hydrogens is 329 g/mol. The SMILES string of the molecule is CC(C)CNCCC(C)(C)c1ccc(Br)c(Cl)c1F. The monoisotopic (exact) mass is 349 g/mol. The molecule has 1 N–H and O–H groups in total. The summed E-state index contributed by atoms with van der Waals surface area (Å²) < 4.78 is 14.8. The van der Waals surface area contributed by atoms with E-state index in [1.165, 1.54) is 0 Å². The summed E-state index contributed by atoms with van der Waals surface area (Å²) in [7, 11) is 0. The van der Waals surface area contributed by atoms with Crippen LogP contribution in [-0.4, -0.2) is 13.1 Å². The van der Waals surface area contributed by atoms with E-state index in [2.05, 4.69) is 35.1 Å². The van der Waals surface area contributed by atoms with Gasteiger partial charge in [-0.2, -0.15) is 0 Å². The molecule has 1 nitrogen and oxygen atoms in total. The molecule has 0 bridgehead atoms. The molecule has 0 aliphatic rings. The molecular formula is C15H22BrClFN. The first-order chi connectivity index (χ1) is 8.75. The standard InChI is InChI=1S/C15H22BrClFN/c1-10(2)9-19-8-7-15(3,4)11-5-6-12(16)13(17)14(11)18/h5-6,10,19H,7-9H2,1-4H3. The molecule has 1 aromatic rings. The van der Waals surface area contributed by atoms with Gasteiger partial charge in [0.2, 0.25) is 0 Å². The Kier molecular flexibility index (Phi) is 6.28. The molecule has 0 saturated carbocycles. The van der Waals surface area contributed by atoms with Crippen molar-refractivity contribution in [1.29, 1.82) is 0 Å². The smallest absolute Gasteiger partial charge is 0.146 e. The second-order valence-corrected chi connectivity index (χ2v) is 7.19. The van der Waals surface area contributed by atoms with Crippen molar-refractivity contribution in [1.82, 2.24) is 5.32 Å². The molecule has 0 atom stereocenters. The lowest BCUT2D eigenvalue weighted by Crippen LogP contribution is -2.28. The van der Waals surface area contributed by atoms with E-state index in [1.54, 1.807) is 0 Å². The molecule has 0 aromatic heterocycles. The Balaban J connectivity index is 2.74. The fourth-order valence-corrected chi connectivity index (χ4v) is 2.45. The van der Waals surface area contributed by atoms with Crippen molar-refractivity contribution >= 4 is 27.5 Å². The maximum atomic E-state index is 14.2. The number of rotatable bonds is 6. The Morgan fingerprint density at radius 2 is 2.00 bits per heavy atom. The summed E-state index contributed by atoms with van der Waals surface area (Å²) in [5.41, 5.74) is 0.435. The Morgan fingerprint density at radius 3 is 2.58 bits per heavy atom. The van der Waals surface area contributed by atoms with Crippen LogP contribution < -0.4 is 5.32 Å². The topological polar surface area (TPSA) is 12.0 Å². The highest BCUT2D eigenvalue weighted by molar-refractivity contribution is 9.10. The zero-order valence-corrected chi connectivity index (χ0v) is 14.3. The van der Waals surface area contributed by atoms with Gasteiger partial charge in [0.1, 0.15) is 5.82 Å². The van der Waals surface area contributed by atoms with Gasteiger partial charge in [-0.3, -0.25) is 0 Å². The fraction of sp³-hybridized carbons (Fsp3) is 0.600. The van der Waals surface area contributed by atoms with Crippen LogP contribution >= 0.6 is 27.5 Å². The van der Waals surface area contributed by atoms with Crippen molar-refractivity contribution in [2.75, 3.05) is 13.1 Å². The first-order valence-electron chi connectivity index (χ1n) is 6.60. The van der Waals surface area contributed by atoms with Gasteiger partial charge < -0.3 is 5.32 Å². The van der Waals surface area contributed by atoms with Crippen molar-refractivity contribution in [2.45, 2.75) is 39.5 Å². The molecule has 0 spiro atoms. The lowest BCUT2D eigenvalue weighted by Gasteiger charge is -2.26. The average molecular weight is 351 g/mol. The van der Waals surface area contributed by atoms with E-state index in [9.17, 15) is 4.39 Å².